The summed E-state index contributed by atoms with van der Waals surface area (Å²) in [5.74, 6) is -0.816. The number of rotatable bonds is 10. The molecule has 196 valence electrons. The first-order valence-corrected chi connectivity index (χ1v) is 14.2. The van der Waals surface area contributed by atoms with Gasteiger partial charge in [-0.05, 0) is 61.0 Å². The molecule has 3 N–H and O–H groups in total. The largest absolute Gasteiger partial charge is 0.495 e. The van der Waals surface area contributed by atoms with E-state index in [2.05, 4.69) is 20.9 Å². The lowest BCUT2D eigenvalue weighted by Crippen LogP contribution is -2.13. The molecule has 0 aliphatic heterocycles. The number of anilines is 2. The van der Waals surface area contributed by atoms with Crippen LogP contribution in [0.15, 0.2) is 75.8 Å². The second-order valence-corrected chi connectivity index (χ2v) is 11.6. The van der Waals surface area contributed by atoms with Crippen LogP contribution < -0.4 is 15.4 Å². The maximum atomic E-state index is 12.6. The van der Waals surface area contributed by atoms with E-state index in [4.69, 9.17) is 9.29 Å². The zero-order valence-electron chi connectivity index (χ0n) is 20.3. The van der Waals surface area contributed by atoms with Gasteiger partial charge in [0.2, 0.25) is 0 Å². The predicted molar refractivity (Wildman–Crippen MR) is 141 cm³/mol. The van der Waals surface area contributed by atoms with Crippen LogP contribution in [0.2, 0.25) is 0 Å². The number of carbonyl (C=O) groups is 1. The molecular formula is C24H26N4O7S2. The Balaban J connectivity index is 1.72. The highest BCUT2D eigenvalue weighted by atomic mass is 32.2. The molecule has 0 aliphatic rings. The van der Waals surface area contributed by atoms with Crippen LogP contribution in [0, 0.1) is 6.92 Å². The van der Waals surface area contributed by atoms with Gasteiger partial charge in [0.25, 0.3) is 16.0 Å². The van der Waals surface area contributed by atoms with Crippen molar-refractivity contribution in [1.82, 2.24) is 0 Å². The Bertz CT molecular complexity index is 1540. The van der Waals surface area contributed by atoms with Crippen LogP contribution in [-0.2, 0) is 20.0 Å². The van der Waals surface area contributed by atoms with Crippen LogP contribution in [-0.4, -0.2) is 46.0 Å². The lowest BCUT2D eigenvalue weighted by molar-refractivity contribution is 0.102. The standard InChI is InChI=1S/C24H26N4O7S2/c1-4-36(30,31)20-7-5-6-19(13-20)26-24(29)17-8-10-18(11-9-17)27-28-21-14-23(35-3)22(12-16(21)2)25-15-37(32,33)34/h5-14,25H,4,15H2,1-3H3,(H,26,29)(H,32,33,34). The monoisotopic (exact) mass is 546 g/mol. The van der Waals surface area contributed by atoms with E-state index in [1.165, 1.54) is 19.2 Å². The fraction of sp³-hybridized carbons (Fsp3) is 0.208. The Morgan fingerprint density at radius 3 is 2.32 bits per heavy atom. The molecule has 0 fully saturated rings. The van der Waals surface area contributed by atoms with Crippen LogP contribution in [0.1, 0.15) is 22.8 Å². The number of sulfone groups is 1. The van der Waals surface area contributed by atoms with E-state index >= 15 is 0 Å². The van der Waals surface area contributed by atoms with E-state index in [9.17, 15) is 21.6 Å². The van der Waals surface area contributed by atoms with E-state index in [1.54, 1.807) is 62.4 Å². The Morgan fingerprint density at radius 1 is 1.00 bits per heavy atom. The first-order valence-electron chi connectivity index (χ1n) is 11.0. The maximum absolute atomic E-state index is 12.6. The van der Waals surface area contributed by atoms with Gasteiger partial charge in [-0.25, -0.2) is 8.42 Å². The third-order valence-corrected chi connectivity index (χ3v) is 7.44. The quantitative estimate of drug-likeness (QED) is 0.243. The third kappa shape index (κ3) is 7.59. The van der Waals surface area contributed by atoms with Gasteiger partial charge in [-0.15, -0.1) is 0 Å². The molecule has 3 aromatic rings. The molecule has 0 saturated carbocycles. The summed E-state index contributed by atoms with van der Waals surface area (Å²) >= 11 is 0. The summed E-state index contributed by atoms with van der Waals surface area (Å²) in [6.07, 6.45) is 0. The number of azo groups is 1. The average molecular weight is 547 g/mol. The average Bonchev–Trinajstić information content (AvgIpc) is 2.86. The number of ether oxygens (including phenoxy) is 1. The zero-order chi connectivity index (χ0) is 27.2. The van der Waals surface area contributed by atoms with Gasteiger partial charge in [-0.2, -0.15) is 18.6 Å². The second-order valence-electron chi connectivity index (χ2n) is 7.87. The highest BCUT2D eigenvalue weighted by Crippen LogP contribution is 2.34. The molecular weight excluding hydrogens is 520 g/mol. The van der Waals surface area contributed by atoms with Crippen molar-refractivity contribution in [2.75, 3.05) is 29.4 Å². The molecule has 0 atom stereocenters. The predicted octanol–water partition coefficient (Wildman–Crippen LogP) is 4.72. The number of benzene rings is 3. The van der Waals surface area contributed by atoms with Gasteiger partial charge >= 0.3 is 0 Å². The van der Waals surface area contributed by atoms with E-state index < -0.39 is 31.7 Å². The molecule has 3 aromatic carbocycles. The van der Waals surface area contributed by atoms with Crippen molar-refractivity contribution in [3.63, 3.8) is 0 Å². The number of hydrogen-bond donors (Lipinski definition) is 3. The minimum Gasteiger partial charge on any atom is -0.495 e. The van der Waals surface area contributed by atoms with Crippen molar-refractivity contribution in [1.29, 1.82) is 0 Å². The zero-order valence-corrected chi connectivity index (χ0v) is 21.9. The van der Waals surface area contributed by atoms with Gasteiger partial charge in [-0.1, -0.05) is 13.0 Å². The SMILES string of the molecule is CCS(=O)(=O)c1cccc(NC(=O)c2ccc(N=Nc3cc(OC)c(NCS(=O)(=O)O)cc3C)cc2)c1. The fourth-order valence-electron chi connectivity index (χ4n) is 3.19. The highest BCUT2D eigenvalue weighted by molar-refractivity contribution is 7.91. The first-order chi connectivity index (χ1) is 17.4. The molecule has 3 rings (SSSR count). The van der Waals surface area contributed by atoms with Crippen molar-refractivity contribution in [3.05, 3.63) is 71.8 Å². The third-order valence-electron chi connectivity index (χ3n) is 5.20. The van der Waals surface area contributed by atoms with Gasteiger partial charge in [-0.3, -0.25) is 9.35 Å². The van der Waals surface area contributed by atoms with Crippen LogP contribution in [0.25, 0.3) is 0 Å². The molecule has 13 heteroatoms. The molecule has 11 nitrogen and oxygen atoms in total. The second kappa shape index (κ2) is 11.5. The summed E-state index contributed by atoms with van der Waals surface area (Å²) in [6, 6.07) is 15.6. The molecule has 0 radical (unpaired) electrons. The summed E-state index contributed by atoms with van der Waals surface area (Å²) in [5.41, 5.74) is 2.69. The van der Waals surface area contributed by atoms with Crippen LogP contribution in [0.4, 0.5) is 22.7 Å². The lowest BCUT2D eigenvalue weighted by atomic mass is 10.1. The van der Waals surface area contributed by atoms with Crippen molar-refractivity contribution in [2.24, 2.45) is 10.2 Å². The van der Waals surface area contributed by atoms with Crippen LogP contribution in [0.3, 0.4) is 0 Å². The summed E-state index contributed by atoms with van der Waals surface area (Å²) in [5, 5.41) is 13.7. The Labute approximate surface area is 215 Å². The normalized spacial score (nSPS) is 11.9. The minimum absolute atomic E-state index is 0.0399. The minimum atomic E-state index is -4.21. The summed E-state index contributed by atoms with van der Waals surface area (Å²) in [7, 11) is -6.20. The van der Waals surface area contributed by atoms with Crippen LogP contribution in [0.5, 0.6) is 5.75 Å². The highest BCUT2D eigenvalue weighted by Gasteiger charge is 2.14. The summed E-state index contributed by atoms with van der Waals surface area (Å²) in [4.78, 5) is 12.7. The van der Waals surface area contributed by atoms with E-state index in [0.29, 0.717) is 39.6 Å². The molecule has 0 heterocycles. The number of methoxy groups -OCH3 is 1. The number of carbonyl (C=O) groups excluding carboxylic acids is 1. The van der Waals surface area contributed by atoms with Gasteiger partial charge in [0.1, 0.15) is 11.6 Å². The molecule has 0 aromatic heterocycles. The molecule has 1 amide bonds. The van der Waals surface area contributed by atoms with Crippen molar-refractivity contribution >= 4 is 48.6 Å². The first kappa shape index (κ1) is 27.8. The number of amides is 1. The topological polar surface area (TPSA) is 164 Å². The number of aryl methyl sites for hydroxylation is 1. The molecule has 0 saturated heterocycles. The summed E-state index contributed by atoms with van der Waals surface area (Å²) < 4.78 is 60.4. The number of nitrogens with zero attached hydrogens (tertiary/aromatic N) is 2. The Kier molecular flexibility index (Phi) is 8.63. The van der Waals surface area contributed by atoms with Crippen LogP contribution >= 0.6 is 0 Å². The fourth-order valence-corrected chi connectivity index (χ4v) is 4.45. The smallest absolute Gasteiger partial charge is 0.283 e. The van der Waals surface area contributed by atoms with Crippen molar-refractivity contribution in [2.45, 2.75) is 18.7 Å². The molecule has 0 unspecified atom stereocenters. The maximum Gasteiger partial charge on any atom is 0.283 e. The number of nitrogens with one attached hydrogen (secondary N) is 2. The summed E-state index contributed by atoms with van der Waals surface area (Å²) in [6.45, 7) is 3.30. The van der Waals surface area contributed by atoms with Gasteiger partial charge in [0.15, 0.2) is 9.84 Å². The van der Waals surface area contributed by atoms with Gasteiger partial charge in [0, 0.05) is 17.3 Å². The van der Waals surface area contributed by atoms with Gasteiger partial charge < -0.3 is 15.4 Å². The van der Waals surface area contributed by atoms with Gasteiger partial charge in [0.05, 0.1) is 34.8 Å². The lowest BCUT2D eigenvalue weighted by Gasteiger charge is -2.12. The molecule has 0 spiro atoms. The van der Waals surface area contributed by atoms with E-state index in [1.807, 2.05) is 0 Å². The Hall–Kier alpha value is -3.81. The van der Waals surface area contributed by atoms with Crippen molar-refractivity contribution < 1.29 is 30.9 Å². The molecule has 0 bridgehead atoms. The molecule has 37 heavy (non-hydrogen) atoms. The van der Waals surface area contributed by atoms with E-state index in [-0.39, 0.29) is 10.6 Å². The Morgan fingerprint density at radius 2 is 1.70 bits per heavy atom. The van der Waals surface area contributed by atoms with Crippen molar-refractivity contribution in [3.8, 4) is 5.75 Å². The molecule has 0 aliphatic carbocycles. The van der Waals surface area contributed by atoms with E-state index in [0.717, 1.165) is 0 Å². The number of hydrogen-bond acceptors (Lipinski definition) is 9.